The van der Waals surface area contributed by atoms with Crippen molar-refractivity contribution in [2.24, 2.45) is 5.92 Å². The molecule has 4 nitrogen and oxygen atoms in total. The standard InChI is InChI=1S/C17H27N3O/c1-21-17-8-7-14(11-19-17)12-20-10-9-18-16(13-20)15-5-3-2-4-6-15/h7-8,11,15-16,18H,2-6,9-10,12-13H2,1H3. The van der Waals surface area contributed by atoms with E-state index in [4.69, 9.17) is 4.74 Å². The zero-order valence-electron chi connectivity index (χ0n) is 13.1. The smallest absolute Gasteiger partial charge is 0.212 e. The SMILES string of the molecule is COc1ccc(CN2CCNC(C3CCCCC3)C2)cn1. The van der Waals surface area contributed by atoms with Crippen molar-refractivity contribution in [3.8, 4) is 5.88 Å². The Morgan fingerprint density at radius 2 is 2.14 bits per heavy atom. The van der Waals surface area contributed by atoms with Gasteiger partial charge in [-0.3, -0.25) is 4.90 Å². The average Bonchev–Trinajstić information content (AvgIpc) is 2.57. The van der Waals surface area contributed by atoms with Crippen molar-refractivity contribution in [2.75, 3.05) is 26.7 Å². The highest BCUT2D eigenvalue weighted by atomic mass is 16.5. The third-order valence-electron chi connectivity index (χ3n) is 4.92. The number of hydrogen-bond acceptors (Lipinski definition) is 4. The van der Waals surface area contributed by atoms with Crippen LogP contribution in [0.25, 0.3) is 0 Å². The summed E-state index contributed by atoms with van der Waals surface area (Å²) in [6.45, 7) is 4.43. The Labute approximate surface area is 127 Å². The third-order valence-corrected chi connectivity index (χ3v) is 4.92. The average molecular weight is 289 g/mol. The van der Waals surface area contributed by atoms with E-state index in [0.29, 0.717) is 11.9 Å². The van der Waals surface area contributed by atoms with Crippen LogP contribution in [-0.2, 0) is 6.54 Å². The fraction of sp³-hybridized carbons (Fsp3) is 0.706. The summed E-state index contributed by atoms with van der Waals surface area (Å²) >= 11 is 0. The molecule has 0 radical (unpaired) electrons. The summed E-state index contributed by atoms with van der Waals surface area (Å²) in [5.74, 6) is 1.58. The molecule has 0 amide bonds. The third kappa shape index (κ3) is 3.95. The van der Waals surface area contributed by atoms with Gasteiger partial charge in [-0.05, 0) is 24.3 Å². The van der Waals surface area contributed by atoms with Gasteiger partial charge in [0.05, 0.1) is 7.11 Å². The van der Waals surface area contributed by atoms with Crippen LogP contribution in [0.3, 0.4) is 0 Å². The van der Waals surface area contributed by atoms with E-state index >= 15 is 0 Å². The predicted molar refractivity (Wildman–Crippen MR) is 84.4 cm³/mol. The van der Waals surface area contributed by atoms with Crippen molar-refractivity contribution in [1.82, 2.24) is 15.2 Å². The molecule has 1 saturated carbocycles. The van der Waals surface area contributed by atoms with Crippen LogP contribution in [0.4, 0.5) is 0 Å². The number of hydrogen-bond donors (Lipinski definition) is 1. The van der Waals surface area contributed by atoms with Crippen molar-refractivity contribution in [1.29, 1.82) is 0 Å². The van der Waals surface area contributed by atoms with E-state index in [9.17, 15) is 0 Å². The number of rotatable bonds is 4. The Hall–Kier alpha value is -1.13. The maximum Gasteiger partial charge on any atom is 0.212 e. The minimum Gasteiger partial charge on any atom is -0.481 e. The summed E-state index contributed by atoms with van der Waals surface area (Å²) in [5, 5.41) is 3.75. The van der Waals surface area contributed by atoms with Gasteiger partial charge in [-0.1, -0.05) is 25.3 Å². The fourth-order valence-electron chi connectivity index (χ4n) is 3.72. The van der Waals surface area contributed by atoms with E-state index in [2.05, 4.69) is 21.3 Å². The van der Waals surface area contributed by atoms with Gasteiger partial charge < -0.3 is 10.1 Å². The Bertz CT molecular complexity index is 428. The van der Waals surface area contributed by atoms with Gasteiger partial charge in [-0.15, -0.1) is 0 Å². The molecule has 1 atom stereocenters. The number of nitrogens with one attached hydrogen (secondary N) is 1. The minimum atomic E-state index is 0.685. The number of nitrogens with zero attached hydrogens (tertiary/aromatic N) is 2. The molecule has 0 bridgehead atoms. The Morgan fingerprint density at radius 1 is 1.29 bits per heavy atom. The van der Waals surface area contributed by atoms with E-state index in [1.54, 1.807) is 7.11 Å². The van der Waals surface area contributed by atoms with E-state index < -0.39 is 0 Å². The lowest BCUT2D eigenvalue weighted by Crippen LogP contribution is -2.53. The topological polar surface area (TPSA) is 37.4 Å². The van der Waals surface area contributed by atoms with Gasteiger partial charge >= 0.3 is 0 Å². The van der Waals surface area contributed by atoms with Crippen LogP contribution in [0, 0.1) is 5.92 Å². The first-order valence-electron chi connectivity index (χ1n) is 8.30. The van der Waals surface area contributed by atoms with E-state index in [1.807, 2.05) is 12.3 Å². The van der Waals surface area contributed by atoms with Crippen LogP contribution in [0.1, 0.15) is 37.7 Å². The molecule has 116 valence electrons. The van der Waals surface area contributed by atoms with E-state index in [-0.39, 0.29) is 0 Å². The van der Waals surface area contributed by atoms with Crippen molar-refractivity contribution >= 4 is 0 Å². The molecule has 1 aromatic rings. The van der Waals surface area contributed by atoms with Gasteiger partial charge in [0, 0.05) is 44.5 Å². The molecule has 21 heavy (non-hydrogen) atoms. The molecule has 2 fully saturated rings. The van der Waals surface area contributed by atoms with Crippen LogP contribution in [0.15, 0.2) is 18.3 Å². The first-order chi connectivity index (χ1) is 10.3. The van der Waals surface area contributed by atoms with Crippen LogP contribution in [-0.4, -0.2) is 42.7 Å². The summed E-state index contributed by atoms with van der Waals surface area (Å²) < 4.78 is 5.12. The molecule has 1 unspecified atom stereocenters. The molecular formula is C17H27N3O. The molecule has 1 aromatic heterocycles. The number of aromatic nitrogens is 1. The zero-order chi connectivity index (χ0) is 14.5. The van der Waals surface area contributed by atoms with Crippen LogP contribution < -0.4 is 10.1 Å². The van der Waals surface area contributed by atoms with Crippen molar-refractivity contribution in [2.45, 2.75) is 44.7 Å². The summed E-state index contributed by atoms with van der Waals surface area (Å²) in [4.78, 5) is 6.88. The Balaban J connectivity index is 1.55. The lowest BCUT2D eigenvalue weighted by Gasteiger charge is -2.39. The van der Waals surface area contributed by atoms with Gasteiger partial charge in [0.2, 0.25) is 5.88 Å². The second-order valence-electron chi connectivity index (χ2n) is 6.40. The quantitative estimate of drug-likeness (QED) is 0.924. The monoisotopic (exact) mass is 289 g/mol. The molecule has 0 spiro atoms. The molecule has 1 saturated heterocycles. The lowest BCUT2D eigenvalue weighted by molar-refractivity contribution is 0.141. The van der Waals surface area contributed by atoms with Crippen molar-refractivity contribution in [3.05, 3.63) is 23.9 Å². The highest BCUT2D eigenvalue weighted by Crippen LogP contribution is 2.28. The van der Waals surface area contributed by atoms with Gasteiger partial charge in [-0.2, -0.15) is 0 Å². The van der Waals surface area contributed by atoms with E-state index in [1.165, 1.54) is 44.2 Å². The number of methoxy groups -OCH3 is 1. The van der Waals surface area contributed by atoms with Gasteiger partial charge in [0.1, 0.15) is 0 Å². The van der Waals surface area contributed by atoms with Gasteiger partial charge in [0.25, 0.3) is 0 Å². The molecule has 1 N–H and O–H groups in total. The van der Waals surface area contributed by atoms with Crippen LogP contribution >= 0.6 is 0 Å². The van der Waals surface area contributed by atoms with Crippen LogP contribution in [0.5, 0.6) is 5.88 Å². The fourth-order valence-corrected chi connectivity index (χ4v) is 3.72. The van der Waals surface area contributed by atoms with Crippen molar-refractivity contribution < 1.29 is 4.74 Å². The summed E-state index contributed by atoms with van der Waals surface area (Å²) in [5.41, 5.74) is 1.28. The molecule has 0 aromatic carbocycles. The molecule has 1 aliphatic heterocycles. The summed E-state index contributed by atoms with van der Waals surface area (Å²) in [6.07, 6.45) is 9.04. The normalized spacial score (nSPS) is 24.9. The molecule has 2 aliphatic rings. The maximum absolute atomic E-state index is 5.12. The number of pyridine rings is 1. The Kier molecular flexibility index (Phi) is 5.09. The highest BCUT2D eigenvalue weighted by Gasteiger charge is 2.27. The summed E-state index contributed by atoms with van der Waals surface area (Å²) in [7, 11) is 1.66. The largest absolute Gasteiger partial charge is 0.481 e. The molecule has 3 rings (SSSR count). The first kappa shape index (κ1) is 14.8. The molecule has 4 heteroatoms. The van der Waals surface area contributed by atoms with Crippen molar-refractivity contribution in [3.63, 3.8) is 0 Å². The highest BCUT2D eigenvalue weighted by molar-refractivity contribution is 5.17. The molecule has 2 heterocycles. The second-order valence-corrected chi connectivity index (χ2v) is 6.40. The number of ether oxygens (including phenoxy) is 1. The predicted octanol–water partition coefficient (Wildman–Crippen LogP) is 2.44. The van der Waals surface area contributed by atoms with Gasteiger partial charge in [-0.25, -0.2) is 4.98 Å². The minimum absolute atomic E-state index is 0.685. The molecular weight excluding hydrogens is 262 g/mol. The zero-order valence-corrected chi connectivity index (χ0v) is 13.1. The Morgan fingerprint density at radius 3 is 2.86 bits per heavy atom. The maximum atomic E-state index is 5.12. The lowest BCUT2D eigenvalue weighted by atomic mass is 9.83. The van der Waals surface area contributed by atoms with E-state index in [0.717, 1.165) is 25.6 Å². The van der Waals surface area contributed by atoms with Crippen LogP contribution in [0.2, 0.25) is 0 Å². The summed E-state index contributed by atoms with van der Waals surface area (Å²) in [6, 6.07) is 4.77. The van der Waals surface area contributed by atoms with Gasteiger partial charge in [0.15, 0.2) is 0 Å². The molecule has 1 aliphatic carbocycles. The second kappa shape index (κ2) is 7.23. The first-order valence-corrected chi connectivity index (χ1v) is 8.30. The number of piperazine rings is 1.